The molecule has 0 spiro atoms. The first kappa shape index (κ1) is 12.2. The second kappa shape index (κ2) is 5.80. The van der Waals surface area contributed by atoms with Crippen LogP contribution in [-0.4, -0.2) is 0 Å². The van der Waals surface area contributed by atoms with Gasteiger partial charge in [-0.05, 0) is 49.4 Å². The van der Waals surface area contributed by atoms with Gasteiger partial charge in [-0.3, -0.25) is 0 Å². The van der Waals surface area contributed by atoms with Crippen LogP contribution in [0.4, 0.5) is 0 Å². The Labute approximate surface area is 83.0 Å². The molecule has 0 aliphatic heterocycles. The summed E-state index contributed by atoms with van der Waals surface area (Å²) in [6, 6.07) is 4.57. The molecule has 0 unspecified atom stereocenters. The van der Waals surface area contributed by atoms with Crippen LogP contribution in [0.1, 0.15) is 43.0 Å². The molecule has 0 radical (unpaired) electrons. The van der Waals surface area contributed by atoms with Gasteiger partial charge in [0.05, 0.1) is 0 Å². The summed E-state index contributed by atoms with van der Waals surface area (Å²) in [5.74, 6) is 0. The van der Waals surface area contributed by atoms with Gasteiger partial charge < -0.3 is 0 Å². The average Bonchev–Trinajstić information content (AvgIpc) is 2.15. The van der Waals surface area contributed by atoms with E-state index in [0.717, 1.165) is 6.42 Å². The molecule has 1 rings (SSSR count). The molecule has 1 aromatic carbocycles. The summed E-state index contributed by atoms with van der Waals surface area (Å²) in [6.45, 7) is 12.7. The van der Waals surface area contributed by atoms with Crippen LogP contribution in [0.15, 0.2) is 12.1 Å². The van der Waals surface area contributed by atoms with E-state index in [1.54, 1.807) is 0 Å². The maximum atomic E-state index is 2.30. The van der Waals surface area contributed by atoms with Gasteiger partial charge in [-0.2, -0.15) is 0 Å². The third-order valence-electron chi connectivity index (χ3n) is 2.33. The fraction of sp³-hybridized carbons (Fsp3) is 0.538. The Kier molecular flexibility index (Phi) is 5.45. The standard InChI is InChI=1S/C11H16.C2H6/c1-5-11-7-9(3)8(2)6-10(11)4;1-2/h6-7H,5H2,1-4H3;1-2H3. The molecule has 0 bridgehead atoms. The SMILES string of the molecule is CC.CCc1cc(C)c(C)cc1C. The minimum absolute atomic E-state index is 1.15. The zero-order chi connectivity index (χ0) is 10.4. The largest absolute Gasteiger partial charge is 0.0683 e. The maximum Gasteiger partial charge on any atom is -0.0305 e. The highest BCUT2D eigenvalue weighted by Gasteiger charge is 1.98. The van der Waals surface area contributed by atoms with Crippen LogP contribution in [0.3, 0.4) is 0 Å². The quantitative estimate of drug-likeness (QED) is 0.604. The molecule has 0 aromatic heterocycles. The molecule has 0 N–H and O–H groups in total. The lowest BCUT2D eigenvalue weighted by Crippen LogP contribution is -1.90. The summed E-state index contributed by atoms with van der Waals surface area (Å²) in [6.07, 6.45) is 1.15. The average molecular weight is 178 g/mol. The molecular formula is C13H22. The molecule has 0 aliphatic rings. The Balaban J connectivity index is 0.000000671. The topological polar surface area (TPSA) is 0 Å². The van der Waals surface area contributed by atoms with Crippen LogP contribution in [-0.2, 0) is 6.42 Å². The lowest BCUT2D eigenvalue weighted by molar-refractivity contribution is 1.09. The minimum atomic E-state index is 1.15. The van der Waals surface area contributed by atoms with Crippen LogP contribution in [0.25, 0.3) is 0 Å². The normalized spacial score (nSPS) is 9.08. The Morgan fingerprint density at radius 2 is 1.31 bits per heavy atom. The van der Waals surface area contributed by atoms with Crippen molar-refractivity contribution in [1.82, 2.24) is 0 Å². The Morgan fingerprint density at radius 3 is 1.77 bits per heavy atom. The summed E-state index contributed by atoms with van der Waals surface area (Å²) in [5, 5.41) is 0. The first-order valence-corrected chi connectivity index (χ1v) is 5.22. The van der Waals surface area contributed by atoms with E-state index in [9.17, 15) is 0 Å². The van der Waals surface area contributed by atoms with Gasteiger partial charge in [0.25, 0.3) is 0 Å². The predicted molar refractivity (Wildman–Crippen MR) is 61.4 cm³/mol. The smallest absolute Gasteiger partial charge is 0.0305 e. The summed E-state index contributed by atoms with van der Waals surface area (Å²) in [4.78, 5) is 0. The molecule has 0 amide bonds. The summed E-state index contributed by atoms with van der Waals surface area (Å²) in [5.41, 5.74) is 5.72. The highest BCUT2D eigenvalue weighted by atomic mass is 14.0. The van der Waals surface area contributed by atoms with Gasteiger partial charge in [-0.1, -0.05) is 32.9 Å². The molecule has 0 saturated carbocycles. The highest BCUT2D eigenvalue weighted by molar-refractivity contribution is 5.36. The third-order valence-corrected chi connectivity index (χ3v) is 2.33. The first-order chi connectivity index (χ1) is 6.15. The number of rotatable bonds is 1. The van der Waals surface area contributed by atoms with Gasteiger partial charge in [0.2, 0.25) is 0 Å². The molecule has 0 nitrogen and oxygen atoms in total. The van der Waals surface area contributed by atoms with Crippen molar-refractivity contribution in [2.45, 2.75) is 48.0 Å². The monoisotopic (exact) mass is 178 g/mol. The molecule has 74 valence electrons. The Morgan fingerprint density at radius 1 is 0.846 bits per heavy atom. The molecule has 0 atom stereocenters. The van der Waals surface area contributed by atoms with Crippen molar-refractivity contribution in [3.8, 4) is 0 Å². The van der Waals surface area contributed by atoms with Crippen molar-refractivity contribution in [2.24, 2.45) is 0 Å². The van der Waals surface area contributed by atoms with E-state index in [0.29, 0.717) is 0 Å². The van der Waals surface area contributed by atoms with E-state index in [1.165, 1.54) is 22.3 Å². The van der Waals surface area contributed by atoms with Gasteiger partial charge in [-0.25, -0.2) is 0 Å². The molecule has 0 aliphatic carbocycles. The number of hydrogen-bond acceptors (Lipinski definition) is 0. The van der Waals surface area contributed by atoms with Crippen LogP contribution < -0.4 is 0 Å². The van der Waals surface area contributed by atoms with Gasteiger partial charge >= 0.3 is 0 Å². The van der Waals surface area contributed by atoms with Gasteiger partial charge in [0.15, 0.2) is 0 Å². The molecule has 0 fully saturated rings. The Hall–Kier alpha value is -0.780. The van der Waals surface area contributed by atoms with Crippen molar-refractivity contribution in [3.63, 3.8) is 0 Å². The van der Waals surface area contributed by atoms with Crippen LogP contribution in [0.5, 0.6) is 0 Å². The van der Waals surface area contributed by atoms with Crippen molar-refractivity contribution in [3.05, 3.63) is 34.4 Å². The van der Waals surface area contributed by atoms with E-state index < -0.39 is 0 Å². The highest BCUT2D eigenvalue weighted by Crippen LogP contribution is 2.15. The second-order valence-electron chi connectivity index (χ2n) is 3.22. The van der Waals surface area contributed by atoms with E-state index in [4.69, 9.17) is 0 Å². The molecule has 0 heterocycles. The van der Waals surface area contributed by atoms with Crippen molar-refractivity contribution >= 4 is 0 Å². The van der Waals surface area contributed by atoms with Crippen LogP contribution in [0, 0.1) is 20.8 Å². The molecule has 0 saturated heterocycles. The number of aryl methyl sites for hydroxylation is 4. The van der Waals surface area contributed by atoms with E-state index in [1.807, 2.05) is 13.8 Å². The van der Waals surface area contributed by atoms with Gasteiger partial charge in [0, 0.05) is 0 Å². The Bertz CT molecular complexity index is 259. The van der Waals surface area contributed by atoms with Crippen molar-refractivity contribution < 1.29 is 0 Å². The van der Waals surface area contributed by atoms with Gasteiger partial charge in [0.1, 0.15) is 0 Å². The lowest BCUT2D eigenvalue weighted by Gasteiger charge is -2.06. The van der Waals surface area contributed by atoms with Crippen molar-refractivity contribution in [2.75, 3.05) is 0 Å². The summed E-state index contributed by atoms with van der Waals surface area (Å²) >= 11 is 0. The summed E-state index contributed by atoms with van der Waals surface area (Å²) in [7, 11) is 0. The zero-order valence-corrected chi connectivity index (χ0v) is 9.86. The fourth-order valence-electron chi connectivity index (χ4n) is 1.40. The fourth-order valence-corrected chi connectivity index (χ4v) is 1.40. The first-order valence-electron chi connectivity index (χ1n) is 5.22. The molecule has 0 heteroatoms. The van der Waals surface area contributed by atoms with Crippen molar-refractivity contribution in [1.29, 1.82) is 0 Å². The third kappa shape index (κ3) is 3.22. The minimum Gasteiger partial charge on any atom is -0.0683 e. The van der Waals surface area contributed by atoms with Crippen LogP contribution in [0.2, 0.25) is 0 Å². The van der Waals surface area contributed by atoms with Crippen LogP contribution >= 0.6 is 0 Å². The van der Waals surface area contributed by atoms with E-state index in [-0.39, 0.29) is 0 Å². The second-order valence-corrected chi connectivity index (χ2v) is 3.22. The number of benzene rings is 1. The molecule has 1 aromatic rings. The van der Waals surface area contributed by atoms with E-state index >= 15 is 0 Å². The predicted octanol–water partition coefficient (Wildman–Crippen LogP) is 4.20. The summed E-state index contributed by atoms with van der Waals surface area (Å²) < 4.78 is 0. The molecular weight excluding hydrogens is 156 g/mol. The van der Waals surface area contributed by atoms with E-state index in [2.05, 4.69) is 39.8 Å². The lowest BCUT2D eigenvalue weighted by atomic mass is 9.99. The zero-order valence-electron chi connectivity index (χ0n) is 9.86. The molecule has 13 heavy (non-hydrogen) atoms. The number of hydrogen-bond donors (Lipinski definition) is 0. The van der Waals surface area contributed by atoms with Gasteiger partial charge in [-0.15, -0.1) is 0 Å². The maximum absolute atomic E-state index is 2.30.